The van der Waals surface area contributed by atoms with Gasteiger partial charge in [-0.15, -0.1) is 11.3 Å². The van der Waals surface area contributed by atoms with Crippen LogP contribution in [0, 0.1) is 13.8 Å². The van der Waals surface area contributed by atoms with Gasteiger partial charge in [0.25, 0.3) is 5.91 Å². The maximum Gasteiger partial charge on any atom is 0.338 e. The molecule has 0 aliphatic heterocycles. The molecule has 0 saturated heterocycles. The van der Waals surface area contributed by atoms with Gasteiger partial charge in [0.2, 0.25) is 0 Å². The number of carboxylic acids is 1. The maximum absolute atomic E-state index is 12.0. The third-order valence-electron chi connectivity index (χ3n) is 2.69. The Balaban J connectivity index is 2.35. The number of furan rings is 1. The van der Waals surface area contributed by atoms with E-state index in [1.807, 2.05) is 6.92 Å². The molecule has 1 amide bonds. The van der Waals surface area contributed by atoms with Crippen molar-refractivity contribution in [3.63, 3.8) is 0 Å². The summed E-state index contributed by atoms with van der Waals surface area (Å²) in [6, 6.07) is 1.51. The minimum Gasteiger partial charge on any atom is -0.478 e. The summed E-state index contributed by atoms with van der Waals surface area (Å²) in [4.78, 5) is 24.1. The van der Waals surface area contributed by atoms with Gasteiger partial charge in [0.05, 0.1) is 17.4 Å². The van der Waals surface area contributed by atoms with Crippen LogP contribution in [0.2, 0.25) is 0 Å². The van der Waals surface area contributed by atoms with Crippen molar-refractivity contribution in [3.05, 3.63) is 38.6 Å². The van der Waals surface area contributed by atoms with Crippen LogP contribution in [0.4, 0.5) is 5.00 Å². The quantitative estimate of drug-likeness (QED) is 0.890. The Morgan fingerprint density at radius 1 is 1.42 bits per heavy atom. The number of hydrogen-bond acceptors (Lipinski definition) is 4. The summed E-state index contributed by atoms with van der Waals surface area (Å²) in [5.74, 6) is -1.47. The fourth-order valence-corrected chi connectivity index (χ4v) is 3.07. The predicted octanol–water partition coefficient (Wildman–Crippen LogP) is 3.67. The van der Waals surface area contributed by atoms with Gasteiger partial charge >= 0.3 is 5.97 Å². The minimum atomic E-state index is -1.05. The molecule has 2 aromatic heterocycles. The van der Waals surface area contributed by atoms with E-state index in [0.717, 1.165) is 4.88 Å². The van der Waals surface area contributed by atoms with Crippen LogP contribution in [0.15, 0.2) is 21.4 Å². The summed E-state index contributed by atoms with van der Waals surface area (Å²) in [6.07, 6.45) is 1.38. The van der Waals surface area contributed by atoms with Crippen molar-refractivity contribution in [2.24, 2.45) is 0 Å². The van der Waals surface area contributed by atoms with Crippen molar-refractivity contribution in [1.82, 2.24) is 0 Å². The number of halogens is 1. The summed E-state index contributed by atoms with van der Waals surface area (Å²) >= 11 is 4.35. The zero-order valence-electron chi connectivity index (χ0n) is 10.1. The molecule has 100 valence electrons. The normalized spacial score (nSPS) is 10.5. The average molecular weight is 344 g/mol. The number of hydrogen-bond donors (Lipinski definition) is 2. The standard InChI is InChI=1S/C12H10BrNO4S/c1-5-6(2)19-11(8(5)12(16)17)14-10(15)7-3-4-18-9(7)13/h3-4H,1-2H3,(H,14,15)(H,16,17). The van der Waals surface area contributed by atoms with Crippen molar-refractivity contribution >= 4 is 44.1 Å². The fourth-order valence-electron chi connectivity index (χ4n) is 1.60. The summed E-state index contributed by atoms with van der Waals surface area (Å²) in [5.41, 5.74) is 1.12. The van der Waals surface area contributed by atoms with E-state index in [1.54, 1.807) is 6.92 Å². The Morgan fingerprint density at radius 2 is 2.11 bits per heavy atom. The molecule has 0 unspecified atom stereocenters. The summed E-state index contributed by atoms with van der Waals surface area (Å²) in [5, 5.41) is 12.1. The maximum atomic E-state index is 12.0. The average Bonchev–Trinajstić information content (AvgIpc) is 2.84. The van der Waals surface area contributed by atoms with Crippen LogP contribution < -0.4 is 5.32 Å². The van der Waals surface area contributed by atoms with E-state index in [4.69, 9.17) is 4.42 Å². The van der Waals surface area contributed by atoms with E-state index in [0.29, 0.717) is 20.8 Å². The zero-order valence-corrected chi connectivity index (χ0v) is 12.5. The number of aryl methyl sites for hydroxylation is 1. The highest BCUT2D eigenvalue weighted by atomic mass is 79.9. The largest absolute Gasteiger partial charge is 0.478 e. The van der Waals surface area contributed by atoms with Gasteiger partial charge < -0.3 is 14.8 Å². The molecule has 0 bridgehead atoms. The number of thiophene rings is 1. The molecule has 0 radical (unpaired) electrons. The molecule has 2 rings (SSSR count). The smallest absolute Gasteiger partial charge is 0.338 e. The Labute approximate surface area is 121 Å². The van der Waals surface area contributed by atoms with Crippen LogP contribution in [0.5, 0.6) is 0 Å². The van der Waals surface area contributed by atoms with Crippen LogP contribution in [0.25, 0.3) is 0 Å². The number of carbonyl (C=O) groups is 2. The number of carbonyl (C=O) groups excluding carboxylic acids is 1. The number of carboxylic acid groups (broad SMARTS) is 1. The third-order valence-corrected chi connectivity index (χ3v) is 4.43. The van der Waals surface area contributed by atoms with Crippen LogP contribution in [-0.4, -0.2) is 17.0 Å². The van der Waals surface area contributed by atoms with Crippen molar-refractivity contribution in [1.29, 1.82) is 0 Å². The van der Waals surface area contributed by atoms with Gasteiger partial charge in [0.1, 0.15) is 5.00 Å². The molecule has 2 N–H and O–H groups in total. The number of rotatable bonds is 3. The molecule has 2 heterocycles. The van der Waals surface area contributed by atoms with E-state index < -0.39 is 11.9 Å². The van der Waals surface area contributed by atoms with Gasteiger partial charge in [-0.25, -0.2) is 4.79 Å². The first-order chi connectivity index (χ1) is 8.91. The van der Waals surface area contributed by atoms with Crippen molar-refractivity contribution in [2.75, 3.05) is 5.32 Å². The Morgan fingerprint density at radius 3 is 2.63 bits per heavy atom. The van der Waals surface area contributed by atoms with Gasteiger partial charge in [-0.1, -0.05) is 0 Å². The molecular weight excluding hydrogens is 334 g/mol. The molecular formula is C12H10BrNO4S. The molecule has 19 heavy (non-hydrogen) atoms. The summed E-state index contributed by atoms with van der Waals surface area (Å²) in [7, 11) is 0. The van der Waals surface area contributed by atoms with E-state index in [2.05, 4.69) is 21.2 Å². The molecule has 0 aliphatic rings. The Bertz CT molecular complexity index is 659. The lowest BCUT2D eigenvalue weighted by Crippen LogP contribution is -2.13. The van der Waals surface area contributed by atoms with Crippen LogP contribution in [0.1, 0.15) is 31.2 Å². The Kier molecular flexibility index (Phi) is 3.77. The van der Waals surface area contributed by atoms with E-state index >= 15 is 0 Å². The highest BCUT2D eigenvalue weighted by Gasteiger charge is 2.22. The van der Waals surface area contributed by atoms with Crippen molar-refractivity contribution in [2.45, 2.75) is 13.8 Å². The lowest BCUT2D eigenvalue weighted by Gasteiger charge is -2.03. The molecule has 0 fully saturated rings. The number of aromatic carboxylic acids is 1. The van der Waals surface area contributed by atoms with Gasteiger partial charge in [0, 0.05) is 4.88 Å². The lowest BCUT2D eigenvalue weighted by molar-refractivity contribution is 0.0697. The van der Waals surface area contributed by atoms with Crippen molar-refractivity contribution < 1.29 is 19.1 Å². The van der Waals surface area contributed by atoms with Gasteiger partial charge in [-0.3, -0.25) is 4.79 Å². The van der Waals surface area contributed by atoms with E-state index in [9.17, 15) is 14.7 Å². The second kappa shape index (κ2) is 5.18. The molecule has 0 spiro atoms. The van der Waals surface area contributed by atoms with Crippen LogP contribution >= 0.6 is 27.3 Å². The summed E-state index contributed by atoms with van der Waals surface area (Å²) in [6.45, 7) is 3.54. The molecule has 5 nitrogen and oxygen atoms in total. The summed E-state index contributed by atoms with van der Waals surface area (Å²) < 4.78 is 5.28. The van der Waals surface area contributed by atoms with E-state index in [1.165, 1.54) is 23.7 Å². The number of anilines is 1. The molecule has 0 atom stereocenters. The zero-order chi connectivity index (χ0) is 14.2. The Hall–Kier alpha value is -1.60. The molecule has 7 heteroatoms. The third kappa shape index (κ3) is 2.57. The minimum absolute atomic E-state index is 0.135. The van der Waals surface area contributed by atoms with Gasteiger partial charge in [0.15, 0.2) is 4.67 Å². The highest BCUT2D eigenvalue weighted by molar-refractivity contribution is 9.10. The molecule has 0 saturated carbocycles. The van der Waals surface area contributed by atoms with E-state index in [-0.39, 0.29) is 5.56 Å². The lowest BCUT2D eigenvalue weighted by atomic mass is 10.1. The molecule has 2 aromatic rings. The van der Waals surface area contributed by atoms with Crippen LogP contribution in [-0.2, 0) is 0 Å². The first kappa shape index (κ1) is 13.8. The molecule has 0 aliphatic carbocycles. The number of amides is 1. The first-order valence-corrected chi connectivity index (χ1v) is 6.90. The highest BCUT2D eigenvalue weighted by Crippen LogP contribution is 2.33. The van der Waals surface area contributed by atoms with Crippen molar-refractivity contribution in [3.8, 4) is 0 Å². The second-order valence-electron chi connectivity index (χ2n) is 3.85. The second-order valence-corrected chi connectivity index (χ2v) is 5.80. The topological polar surface area (TPSA) is 79.5 Å². The van der Waals surface area contributed by atoms with Crippen LogP contribution in [0.3, 0.4) is 0 Å². The molecule has 0 aromatic carbocycles. The predicted molar refractivity (Wildman–Crippen MR) is 75.1 cm³/mol. The van der Waals surface area contributed by atoms with Gasteiger partial charge in [-0.05, 0) is 41.4 Å². The monoisotopic (exact) mass is 343 g/mol. The van der Waals surface area contributed by atoms with Gasteiger partial charge in [-0.2, -0.15) is 0 Å². The first-order valence-electron chi connectivity index (χ1n) is 5.29. The number of nitrogens with one attached hydrogen (secondary N) is 1. The SMILES string of the molecule is Cc1sc(NC(=O)c2ccoc2Br)c(C(=O)O)c1C. The fraction of sp³-hybridized carbons (Fsp3) is 0.167.